The van der Waals surface area contributed by atoms with Crippen LogP contribution in [-0.4, -0.2) is 13.2 Å². The second-order valence-corrected chi connectivity index (χ2v) is 5.45. The van der Waals surface area contributed by atoms with Crippen molar-refractivity contribution < 1.29 is 4.74 Å². The second-order valence-electron chi connectivity index (χ2n) is 5.45. The third-order valence-electron chi connectivity index (χ3n) is 3.79. The van der Waals surface area contributed by atoms with E-state index in [1.807, 2.05) is 0 Å². The lowest BCUT2D eigenvalue weighted by Gasteiger charge is -2.07. The number of nitrogens with one attached hydrogen (secondary N) is 1. The van der Waals surface area contributed by atoms with Gasteiger partial charge in [-0.2, -0.15) is 0 Å². The maximum atomic E-state index is 5.53. The van der Waals surface area contributed by atoms with Gasteiger partial charge in [0.05, 0.1) is 6.61 Å². The molecule has 20 heavy (non-hydrogen) atoms. The van der Waals surface area contributed by atoms with Gasteiger partial charge in [0.1, 0.15) is 5.75 Å². The van der Waals surface area contributed by atoms with E-state index in [0.29, 0.717) is 0 Å². The van der Waals surface area contributed by atoms with Crippen molar-refractivity contribution in [3.05, 3.63) is 64.7 Å². The molecule has 2 nitrogen and oxygen atoms in total. The summed E-state index contributed by atoms with van der Waals surface area (Å²) in [5, 5.41) is 3.51. The van der Waals surface area contributed by atoms with Crippen LogP contribution in [0.15, 0.2) is 42.5 Å². The molecule has 1 N–H and O–H groups in total. The summed E-state index contributed by atoms with van der Waals surface area (Å²) in [6.45, 7) is 4.90. The van der Waals surface area contributed by atoms with Crippen LogP contribution in [-0.2, 0) is 19.4 Å². The van der Waals surface area contributed by atoms with Crippen LogP contribution in [0.1, 0.15) is 22.3 Å². The van der Waals surface area contributed by atoms with E-state index >= 15 is 0 Å². The van der Waals surface area contributed by atoms with Crippen LogP contribution < -0.4 is 10.1 Å². The Balaban J connectivity index is 1.47. The zero-order valence-corrected chi connectivity index (χ0v) is 12.0. The summed E-state index contributed by atoms with van der Waals surface area (Å²) in [4.78, 5) is 0. The minimum absolute atomic E-state index is 0.838. The van der Waals surface area contributed by atoms with Gasteiger partial charge in [0, 0.05) is 13.0 Å². The van der Waals surface area contributed by atoms with Crippen LogP contribution in [0.3, 0.4) is 0 Å². The summed E-state index contributed by atoms with van der Waals surface area (Å²) in [6.07, 6.45) is 2.12. The van der Waals surface area contributed by atoms with Gasteiger partial charge in [-0.25, -0.2) is 0 Å². The highest BCUT2D eigenvalue weighted by molar-refractivity contribution is 5.39. The maximum Gasteiger partial charge on any atom is 0.122 e. The molecule has 1 heterocycles. The molecular formula is C18H21NO. The molecule has 0 aromatic heterocycles. The summed E-state index contributed by atoms with van der Waals surface area (Å²) in [5.41, 5.74) is 5.42. The van der Waals surface area contributed by atoms with Gasteiger partial charge in [0.15, 0.2) is 0 Å². The maximum absolute atomic E-state index is 5.53. The van der Waals surface area contributed by atoms with Crippen LogP contribution in [0, 0.1) is 6.92 Å². The molecule has 0 aliphatic carbocycles. The molecule has 0 amide bonds. The molecule has 0 atom stereocenters. The van der Waals surface area contributed by atoms with E-state index in [0.717, 1.165) is 38.3 Å². The fourth-order valence-electron chi connectivity index (χ4n) is 2.57. The van der Waals surface area contributed by atoms with Crippen molar-refractivity contribution in [3.8, 4) is 5.75 Å². The van der Waals surface area contributed by atoms with Gasteiger partial charge in [-0.05, 0) is 42.6 Å². The first-order chi connectivity index (χ1) is 9.81. The molecule has 0 fully saturated rings. The van der Waals surface area contributed by atoms with Gasteiger partial charge in [-0.3, -0.25) is 0 Å². The van der Waals surface area contributed by atoms with Crippen molar-refractivity contribution in [2.75, 3.05) is 13.2 Å². The Morgan fingerprint density at radius 3 is 2.70 bits per heavy atom. The predicted octanol–water partition coefficient (Wildman–Crippen LogP) is 3.26. The van der Waals surface area contributed by atoms with E-state index in [1.165, 1.54) is 22.3 Å². The Hall–Kier alpha value is -1.80. The third kappa shape index (κ3) is 3.20. The van der Waals surface area contributed by atoms with Crippen LogP contribution in [0.25, 0.3) is 0 Å². The fraction of sp³-hybridized carbons (Fsp3) is 0.333. The minimum atomic E-state index is 0.838. The van der Waals surface area contributed by atoms with Gasteiger partial charge >= 0.3 is 0 Å². The molecular weight excluding hydrogens is 246 g/mol. The number of aryl methyl sites for hydroxylation is 1. The highest BCUT2D eigenvalue weighted by atomic mass is 16.5. The Kier molecular flexibility index (Phi) is 4.03. The Morgan fingerprint density at radius 1 is 1.05 bits per heavy atom. The Labute approximate surface area is 120 Å². The molecule has 2 heteroatoms. The van der Waals surface area contributed by atoms with Crippen LogP contribution in [0.4, 0.5) is 0 Å². The number of fused-ring (bicyclic) bond motifs is 1. The molecule has 0 radical (unpaired) electrons. The molecule has 1 aliphatic rings. The summed E-state index contributed by atoms with van der Waals surface area (Å²) in [7, 11) is 0. The van der Waals surface area contributed by atoms with Crippen molar-refractivity contribution in [3.63, 3.8) is 0 Å². The smallest absolute Gasteiger partial charge is 0.122 e. The molecule has 3 rings (SSSR count). The van der Waals surface area contributed by atoms with Gasteiger partial charge in [0.25, 0.3) is 0 Å². The van der Waals surface area contributed by atoms with Gasteiger partial charge < -0.3 is 10.1 Å². The van der Waals surface area contributed by atoms with Crippen molar-refractivity contribution in [1.82, 2.24) is 5.32 Å². The van der Waals surface area contributed by atoms with E-state index in [9.17, 15) is 0 Å². The summed E-state index contributed by atoms with van der Waals surface area (Å²) in [6, 6.07) is 15.3. The Morgan fingerprint density at radius 2 is 1.85 bits per heavy atom. The zero-order chi connectivity index (χ0) is 13.8. The number of rotatable bonds is 5. The lowest BCUT2D eigenvalue weighted by atomic mass is 10.1. The molecule has 0 spiro atoms. The topological polar surface area (TPSA) is 21.3 Å². The second kappa shape index (κ2) is 6.10. The number of benzene rings is 2. The van der Waals surface area contributed by atoms with Gasteiger partial charge in [-0.15, -0.1) is 0 Å². The lowest BCUT2D eigenvalue weighted by Crippen LogP contribution is -2.16. The minimum Gasteiger partial charge on any atom is -0.493 e. The molecule has 104 valence electrons. The first-order valence-corrected chi connectivity index (χ1v) is 7.32. The standard InChI is InChI=1S/C18H21NO/c1-14-2-4-16(5-3-14)13-19-10-8-15-6-7-18-17(12-15)9-11-20-18/h2-7,12,19H,8-11,13H2,1H3. The first kappa shape index (κ1) is 13.2. The largest absolute Gasteiger partial charge is 0.493 e. The molecule has 1 aliphatic heterocycles. The third-order valence-corrected chi connectivity index (χ3v) is 3.79. The average molecular weight is 267 g/mol. The molecule has 2 aromatic rings. The quantitative estimate of drug-likeness (QED) is 0.840. The van der Waals surface area contributed by atoms with Crippen molar-refractivity contribution in [2.24, 2.45) is 0 Å². The highest BCUT2D eigenvalue weighted by Crippen LogP contribution is 2.25. The summed E-state index contributed by atoms with van der Waals surface area (Å²) < 4.78 is 5.53. The zero-order valence-electron chi connectivity index (χ0n) is 12.0. The SMILES string of the molecule is Cc1ccc(CNCCc2ccc3c(c2)CCO3)cc1. The Bertz CT molecular complexity index is 574. The van der Waals surface area contributed by atoms with Crippen LogP contribution in [0.2, 0.25) is 0 Å². The molecule has 0 unspecified atom stereocenters. The van der Waals surface area contributed by atoms with Crippen LogP contribution in [0.5, 0.6) is 5.75 Å². The summed E-state index contributed by atoms with van der Waals surface area (Å²) in [5.74, 6) is 1.07. The van der Waals surface area contributed by atoms with Crippen LogP contribution >= 0.6 is 0 Å². The molecule has 2 aromatic carbocycles. The molecule has 0 saturated heterocycles. The fourth-order valence-corrected chi connectivity index (χ4v) is 2.57. The van der Waals surface area contributed by atoms with Crippen molar-refractivity contribution in [2.45, 2.75) is 26.3 Å². The number of hydrogen-bond acceptors (Lipinski definition) is 2. The normalized spacial score (nSPS) is 13.1. The van der Waals surface area contributed by atoms with Gasteiger partial charge in [-0.1, -0.05) is 42.0 Å². The van der Waals surface area contributed by atoms with Crippen molar-refractivity contribution in [1.29, 1.82) is 0 Å². The summed E-state index contributed by atoms with van der Waals surface area (Å²) >= 11 is 0. The number of ether oxygens (including phenoxy) is 1. The number of hydrogen-bond donors (Lipinski definition) is 1. The van der Waals surface area contributed by atoms with E-state index in [1.54, 1.807) is 0 Å². The lowest BCUT2D eigenvalue weighted by molar-refractivity contribution is 0.357. The first-order valence-electron chi connectivity index (χ1n) is 7.32. The van der Waals surface area contributed by atoms with Crippen molar-refractivity contribution >= 4 is 0 Å². The van der Waals surface area contributed by atoms with E-state index in [-0.39, 0.29) is 0 Å². The van der Waals surface area contributed by atoms with E-state index < -0.39 is 0 Å². The predicted molar refractivity (Wildman–Crippen MR) is 82.2 cm³/mol. The molecule has 0 saturated carbocycles. The molecule has 0 bridgehead atoms. The van der Waals surface area contributed by atoms with E-state index in [2.05, 4.69) is 54.7 Å². The monoisotopic (exact) mass is 267 g/mol. The average Bonchev–Trinajstić information content (AvgIpc) is 2.93. The van der Waals surface area contributed by atoms with Gasteiger partial charge in [0.2, 0.25) is 0 Å². The van der Waals surface area contributed by atoms with E-state index in [4.69, 9.17) is 4.74 Å². The highest BCUT2D eigenvalue weighted by Gasteiger charge is 2.11.